The quantitative estimate of drug-likeness (QED) is 0.0267. The maximum absolute atomic E-state index is 13.8. The van der Waals surface area contributed by atoms with E-state index in [1.165, 1.54) is 40.8 Å². The highest BCUT2D eigenvalue weighted by atomic mass is 35.5. The molecule has 9 nitrogen and oxygen atoms in total. The molecule has 1 aliphatic heterocycles. The highest BCUT2D eigenvalue weighted by Crippen LogP contribution is 2.46. The van der Waals surface area contributed by atoms with Crippen molar-refractivity contribution in [2.45, 2.75) is 74.9 Å². The molecule has 4 aromatic rings. The molecule has 0 radical (unpaired) electrons. The summed E-state index contributed by atoms with van der Waals surface area (Å²) < 4.78 is 18.2. The van der Waals surface area contributed by atoms with Crippen molar-refractivity contribution in [3.8, 4) is 17.2 Å². The zero-order valence-electron chi connectivity index (χ0n) is 28.5. The molecule has 264 valence electrons. The van der Waals surface area contributed by atoms with Crippen LogP contribution in [0.2, 0.25) is 5.02 Å². The number of halogens is 1. The van der Waals surface area contributed by atoms with Crippen LogP contribution < -0.4 is 19.1 Å². The summed E-state index contributed by atoms with van der Waals surface area (Å²) in [5.41, 5.74) is 1.78. The highest BCUT2D eigenvalue weighted by molar-refractivity contribution is 8.00. The minimum Gasteiger partial charge on any atom is -0.507 e. The average Bonchev–Trinajstić information content (AvgIpc) is 3.70. The summed E-state index contributed by atoms with van der Waals surface area (Å²) in [6, 6.07) is 18.6. The molecule has 1 N–H and O–H groups in total. The van der Waals surface area contributed by atoms with E-state index in [0.717, 1.165) is 37.7 Å². The second-order valence-corrected chi connectivity index (χ2v) is 14.4. The molecule has 0 spiro atoms. The summed E-state index contributed by atoms with van der Waals surface area (Å²) in [7, 11) is 1.54. The SMILES string of the molecule is CCCCCCCOc1ccc(C2/C(=C(\O)c3ccc(OCCCC)cc3)C(=O)C(=O)N2c2nnc(SCc3ccccc3Cl)s2)cc1OC. The Balaban J connectivity index is 1.48. The van der Waals surface area contributed by atoms with Crippen molar-refractivity contribution < 1.29 is 28.9 Å². The second kappa shape index (κ2) is 18.3. The number of rotatable bonds is 18. The van der Waals surface area contributed by atoms with Crippen LogP contribution in [-0.2, 0) is 15.3 Å². The van der Waals surface area contributed by atoms with Crippen LogP contribution in [0, 0.1) is 0 Å². The topological polar surface area (TPSA) is 111 Å². The molecule has 3 aromatic carbocycles. The van der Waals surface area contributed by atoms with Crippen LogP contribution in [0.25, 0.3) is 5.76 Å². The fourth-order valence-electron chi connectivity index (χ4n) is 5.52. The molecule has 1 atom stereocenters. The summed E-state index contributed by atoms with van der Waals surface area (Å²) in [5, 5.41) is 21.2. The van der Waals surface area contributed by atoms with Gasteiger partial charge in [0.25, 0.3) is 5.78 Å². The van der Waals surface area contributed by atoms with E-state index in [0.29, 0.717) is 56.7 Å². The predicted molar refractivity (Wildman–Crippen MR) is 200 cm³/mol. The van der Waals surface area contributed by atoms with Crippen LogP contribution in [0.15, 0.2) is 76.6 Å². The number of thioether (sulfide) groups is 1. The average molecular weight is 736 g/mol. The third-order valence-corrected chi connectivity index (χ3v) is 10.7. The minimum absolute atomic E-state index is 0.0678. The number of carbonyl (C=O) groups excluding carboxylic acids is 2. The monoisotopic (exact) mass is 735 g/mol. The molecule has 1 unspecified atom stereocenters. The number of nitrogens with zero attached hydrogens (tertiary/aromatic N) is 3. The summed E-state index contributed by atoms with van der Waals surface area (Å²) >= 11 is 8.97. The molecule has 1 aromatic heterocycles. The molecule has 0 saturated carbocycles. The standard InChI is InChI=1S/C38H42ClN3O6S2/c1-4-6-8-9-12-22-48-30-20-17-26(23-31(30)46-3)33-32(34(43)25-15-18-28(19-16-25)47-21-7-5-2)35(44)36(45)42(33)37-40-41-38(50-37)49-24-27-13-10-11-14-29(27)39/h10-11,13-20,23,33,43H,4-9,12,21-22,24H2,1-3H3/b34-32+. The van der Waals surface area contributed by atoms with Gasteiger partial charge in [0, 0.05) is 16.3 Å². The number of carbonyl (C=O) groups is 2. The van der Waals surface area contributed by atoms with Gasteiger partial charge in [-0.25, -0.2) is 0 Å². The van der Waals surface area contributed by atoms with E-state index in [9.17, 15) is 14.7 Å². The maximum Gasteiger partial charge on any atom is 0.301 e. The van der Waals surface area contributed by atoms with Gasteiger partial charge < -0.3 is 19.3 Å². The summed E-state index contributed by atoms with van der Waals surface area (Å²) in [4.78, 5) is 28.9. The summed E-state index contributed by atoms with van der Waals surface area (Å²) in [6.07, 6.45) is 7.45. The third-order valence-electron chi connectivity index (χ3n) is 8.26. The van der Waals surface area contributed by atoms with Gasteiger partial charge in [0.2, 0.25) is 5.13 Å². The zero-order chi connectivity index (χ0) is 35.5. The number of aromatic nitrogens is 2. The fraction of sp³-hybridized carbons (Fsp3) is 0.368. The number of Topliss-reactive ketones (excluding diaryl/α,β-unsaturated/α-hetero) is 1. The Bertz CT molecular complexity index is 1800. The summed E-state index contributed by atoms with van der Waals surface area (Å²) in [6.45, 7) is 5.38. The Kier molecular flexibility index (Phi) is 13.6. The number of benzene rings is 3. The van der Waals surface area contributed by atoms with Crippen LogP contribution in [-0.4, -0.2) is 47.3 Å². The molecule has 1 saturated heterocycles. The number of ketones is 1. The minimum atomic E-state index is -1.01. The number of hydrogen-bond acceptors (Lipinski definition) is 10. The van der Waals surface area contributed by atoms with Crippen LogP contribution in [0.5, 0.6) is 17.2 Å². The fourth-order valence-corrected chi connectivity index (χ4v) is 7.67. The Labute approximate surface area is 306 Å². The predicted octanol–water partition coefficient (Wildman–Crippen LogP) is 9.65. The zero-order valence-corrected chi connectivity index (χ0v) is 30.9. The lowest BCUT2D eigenvalue weighted by molar-refractivity contribution is -0.132. The molecule has 12 heteroatoms. The van der Waals surface area contributed by atoms with Crippen LogP contribution in [0.1, 0.15) is 81.5 Å². The van der Waals surface area contributed by atoms with Crippen LogP contribution in [0.4, 0.5) is 5.13 Å². The van der Waals surface area contributed by atoms with Crippen molar-refractivity contribution in [1.82, 2.24) is 10.2 Å². The molecular weight excluding hydrogens is 694 g/mol. The molecule has 0 aliphatic carbocycles. The molecule has 50 heavy (non-hydrogen) atoms. The van der Waals surface area contributed by atoms with Crippen molar-refractivity contribution in [3.05, 3.63) is 94.0 Å². The number of ether oxygens (including phenoxy) is 3. The normalized spacial score (nSPS) is 15.4. The highest BCUT2D eigenvalue weighted by Gasteiger charge is 2.48. The molecule has 1 fully saturated rings. The molecule has 1 amide bonds. The first-order chi connectivity index (χ1) is 24.4. The largest absolute Gasteiger partial charge is 0.507 e. The van der Waals surface area contributed by atoms with Gasteiger partial charge >= 0.3 is 5.91 Å². The lowest BCUT2D eigenvalue weighted by atomic mass is 9.95. The number of methoxy groups -OCH3 is 1. The van der Waals surface area contributed by atoms with Crippen molar-refractivity contribution in [2.24, 2.45) is 0 Å². The van der Waals surface area contributed by atoms with Crippen molar-refractivity contribution in [3.63, 3.8) is 0 Å². The van der Waals surface area contributed by atoms with E-state index >= 15 is 0 Å². The number of amides is 1. The van der Waals surface area contributed by atoms with E-state index in [1.54, 1.807) is 49.6 Å². The van der Waals surface area contributed by atoms with E-state index in [2.05, 4.69) is 24.0 Å². The van der Waals surface area contributed by atoms with Crippen LogP contribution >= 0.6 is 34.7 Å². The first-order valence-corrected chi connectivity index (χ1v) is 19.1. The number of anilines is 1. The van der Waals surface area contributed by atoms with E-state index in [-0.39, 0.29) is 16.5 Å². The van der Waals surface area contributed by atoms with Gasteiger partial charge in [-0.3, -0.25) is 14.5 Å². The first-order valence-electron chi connectivity index (χ1n) is 16.9. The molecule has 5 rings (SSSR count). The van der Waals surface area contributed by atoms with Gasteiger partial charge in [0.05, 0.1) is 31.9 Å². The van der Waals surface area contributed by atoms with Gasteiger partial charge in [-0.15, -0.1) is 10.2 Å². The Morgan fingerprint density at radius 3 is 2.38 bits per heavy atom. The first kappa shape index (κ1) is 37.2. The number of aliphatic hydroxyl groups is 1. The van der Waals surface area contributed by atoms with E-state index in [4.69, 9.17) is 25.8 Å². The molecule has 2 heterocycles. The Morgan fingerprint density at radius 2 is 1.64 bits per heavy atom. The number of unbranched alkanes of at least 4 members (excludes halogenated alkanes) is 5. The van der Waals surface area contributed by atoms with Crippen molar-refractivity contribution in [2.75, 3.05) is 25.2 Å². The van der Waals surface area contributed by atoms with Crippen molar-refractivity contribution >= 4 is 57.3 Å². The van der Waals surface area contributed by atoms with Gasteiger partial charge in [-0.2, -0.15) is 0 Å². The smallest absolute Gasteiger partial charge is 0.301 e. The van der Waals surface area contributed by atoms with Gasteiger partial charge in [0.1, 0.15) is 11.5 Å². The molecule has 0 bridgehead atoms. The third kappa shape index (κ3) is 8.99. The van der Waals surface area contributed by atoms with E-state index in [1.807, 2.05) is 24.3 Å². The Morgan fingerprint density at radius 1 is 0.900 bits per heavy atom. The van der Waals surface area contributed by atoms with E-state index < -0.39 is 17.7 Å². The number of hydrogen-bond donors (Lipinski definition) is 1. The number of aliphatic hydroxyl groups excluding tert-OH is 1. The van der Waals surface area contributed by atoms with Crippen molar-refractivity contribution in [1.29, 1.82) is 0 Å². The molecular formula is C38H42ClN3O6S2. The van der Waals surface area contributed by atoms with Crippen LogP contribution in [0.3, 0.4) is 0 Å². The maximum atomic E-state index is 13.8. The molecule has 1 aliphatic rings. The van der Waals surface area contributed by atoms with Gasteiger partial charge in [-0.1, -0.05) is 105 Å². The lowest BCUT2D eigenvalue weighted by Gasteiger charge is -2.23. The Hall–Kier alpha value is -4.06. The van der Waals surface area contributed by atoms with Gasteiger partial charge in [0.15, 0.2) is 15.8 Å². The van der Waals surface area contributed by atoms with Gasteiger partial charge in [-0.05, 0) is 66.4 Å². The summed E-state index contributed by atoms with van der Waals surface area (Å²) in [5.74, 6) is 0.240. The lowest BCUT2D eigenvalue weighted by Crippen LogP contribution is -2.29. The second-order valence-electron chi connectivity index (χ2n) is 11.8.